The topological polar surface area (TPSA) is 47.0 Å². The second-order valence-corrected chi connectivity index (χ2v) is 5.18. The first-order valence-electron chi connectivity index (χ1n) is 6.64. The lowest BCUT2D eigenvalue weighted by molar-refractivity contribution is 0.414. The van der Waals surface area contributed by atoms with E-state index in [4.69, 9.17) is 16.3 Å². The van der Waals surface area contributed by atoms with Gasteiger partial charge < -0.3 is 10.1 Å². The molecule has 1 N–H and O–H groups in total. The van der Waals surface area contributed by atoms with Crippen LogP contribution in [-0.4, -0.2) is 17.3 Å². The number of ether oxygens (including phenoxy) is 1. The number of fused-ring (bicyclic) bond motifs is 1. The van der Waals surface area contributed by atoms with Gasteiger partial charge in [0.25, 0.3) is 0 Å². The van der Waals surface area contributed by atoms with E-state index in [9.17, 15) is 4.39 Å². The Kier molecular flexibility index (Phi) is 4.06. The fraction of sp³-hybridized carbons (Fsp3) is 0.125. The molecule has 0 atom stereocenters. The molecular formula is C16H13ClFN3O. The van der Waals surface area contributed by atoms with Crippen molar-refractivity contribution in [2.75, 3.05) is 12.4 Å². The van der Waals surface area contributed by atoms with E-state index in [1.807, 2.05) is 24.3 Å². The van der Waals surface area contributed by atoms with Crippen LogP contribution >= 0.6 is 11.6 Å². The predicted octanol–water partition coefficient (Wildman–Crippen LogP) is 4.04. The second-order valence-electron chi connectivity index (χ2n) is 4.75. The third kappa shape index (κ3) is 2.94. The average Bonchev–Trinajstić information content (AvgIpc) is 2.52. The van der Waals surface area contributed by atoms with Crippen molar-refractivity contribution in [1.29, 1.82) is 0 Å². The number of rotatable bonds is 4. The quantitative estimate of drug-likeness (QED) is 0.789. The van der Waals surface area contributed by atoms with Gasteiger partial charge in [-0.25, -0.2) is 4.39 Å². The lowest BCUT2D eigenvalue weighted by atomic mass is 10.1. The molecule has 0 unspecified atom stereocenters. The zero-order valence-corrected chi connectivity index (χ0v) is 12.6. The Hall–Kier alpha value is -2.40. The van der Waals surface area contributed by atoms with Crippen molar-refractivity contribution in [3.05, 3.63) is 59.0 Å². The number of hydrogen-bond donors (Lipinski definition) is 1. The smallest absolute Gasteiger partial charge is 0.159 e. The Labute approximate surface area is 131 Å². The highest BCUT2D eigenvalue weighted by Crippen LogP contribution is 2.27. The van der Waals surface area contributed by atoms with Gasteiger partial charge in [-0.05, 0) is 29.8 Å². The Balaban J connectivity index is 1.87. The molecule has 0 saturated carbocycles. The van der Waals surface area contributed by atoms with Crippen molar-refractivity contribution in [1.82, 2.24) is 10.2 Å². The van der Waals surface area contributed by atoms with Crippen LogP contribution in [0.2, 0.25) is 5.02 Å². The molecule has 0 spiro atoms. The molecule has 3 aromatic rings. The van der Waals surface area contributed by atoms with Gasteiger partial charge in [-0.1, -0.05) is 23.7 Å². The first-order valence-corrected chi connectivity index (χ1v) is 7.02. The van der Waals surface area contributed by atoms with Gasteiger partial charge in [0.05, 0.1) is 18.7 Å². The van der Waals surface area contributed by atoms with Crippen LogP contribution in [0.5, 0.6) is 5.75 Å². The average molecular weight is 318 g/mol. The van der Waals surface area contributed by atoms with E-state index in [1.54, 1.807) is 13.2 Å². The molecule has 0 bridgehead atoms. The van der Waals surface area contributed by atoms with E-state index in [-0.39, 0.29) is 0 Å². The maximum atomic E-state index is 14.1. The maximum absolute atomic E-state index is 14.1. The molecule has 22 heavy (non-hydrogen) atoms. The number of nitrogens with one attached hydrogen (secondary N) is 1. The highest BCUT2D eigenvalue weighted by molar-refractivity contribution is 6.31. The number of nitrogens with zero attached hydrogens (tertiary/aromatic N) is 2. The van der Waals surface area contributed by atoms with Gasteiger partial charge in [0.1, 0.15) is 11.6 Å². The summed E-state index contributed by atoms with van der Waals surface area (Å²) in [4.78, 5) is 0. The van der Waals surface area contributed by atoms with Crippen LogP contribution in [0.15, 0.2) is 42.6 Å². The third-order valence-corrected chi connectivity index (χ3v) is 3.51. The Morgan fingerprint density at radius 2 is 2.00 bits per heavy atom. The van der Waals surface area contributed by atoms with E-state index in [0.717, 1.165) is 11.3 Å². The zero-order valence-electron chi connectivity index (χ0n) is 11.8. The molecule has 0 aliphatic rings. The molecule has 3 rings (SSSR count). The molecule has 0 saturated heterocycles. The maximum Gasteiger partial charge on any atom is 0.159 e. The first kappa shape index (κ1) is 14.5. The summed E-state index contributed by atoms with van der Waals surface area (Å²) in [6.45, 7) is 0.500. The van der Waals surface area contributed by atoms with E-state index in [2.05, 4.69) is 15.5 Å². The third-order valence-electron chi connectivity index (χ3n) is 3.30. The molecule has 1 aromatic heterocycles. The van der Waals surface area contributed by atoms with Gasteiger partial charge in [0.2, 0.25) is 0 Å². The van der Waals surface area contributed by atoms with Gasteiger partial charge in [-0.2, -0.15) is 5.10 Å². The van der Waals surface area contributed by atoms with Crippen molar-refractivity contribution in [3.63, 3.8) is 0 Å². The highest BCUT2D eigenvalue weighted by atomic mass is 35.5. The van der Waals surface area contributed by atoms with Crippen LogP contribution in [0, 0.1) is 5.82 Å². The van der Waals surface area contributed by atoms with Crippen molar-refractivity contribution in [3.8, 4) is 5.75 Å². The molecule has 1 heterocycles. The predicted molar refractivity (Wildman–Crippen MR) is 84.8 cm³/mol. The number of benzene rings is 2. The van der Waals surface area contributed by atoms with Gasteiger partial charge >= 0.3 is 0 Å². The minimum Gasteiger partial charge on any atom is -0.497 e. The van der Waals surface area contributed by atoms with Crippen LogP contribution in [-0.2, 0) is 6.54 Å². The van der Waals surface area contributed by atoms with Crippen LogP contribution in [0.25, 0.3) is 10.8 Å². The Bertz CT molecular complexity index is 808. The molecule has 0 amide bonds. The Morgan fingerprint density at radius 1 is 1.23 bits per heavy atom. The summed E-state index contributed by atoms with van der Waals surface area (Å²) < 4.78 is 19.2. The summed E-state index contributed by atoms with van der Waals surface area (Å²) in [7, 11) is 1.62. The number of hydrogen-bond acceptors (Lipinski definition) is 4. The molecular weight excluding hydrogens is 305 g/mol. The van der Waals surface area contributed by atoms with Crippen molar-refractivity contribution in [2.24, 2.45) is 0 Å². The number of aromatic nitrogens is 2. The molecule has 0 aliphatic heterocycles. The fourth-order valence-electron chi connectivity index (χ4n) is 2.20. The lowest BCUT2D eigenvalue weighted by Crippen LogP contribution is -2.04. The zero-order chi connectivity index (χ0) is 15.5. The number of methoxy groups -OCH3 is 1. The molecule has 2 aromatic carbocycles. The molecule has 0 radical (unpaired) electrons. The lowest BCUT2D eigenvalue weighted by Gasteiger charge is -2.09. The van der Waals surface area contributed by atoms with Crippen LogP contribution < -0.4 is 10.1 Å². The van der Waals surface area contributed by atoms with E-state index < -0.39 is 5.82 Å². The number of halogens is 2. The van der Waals surface area contributed by atoms with Crippen molar-refractivity contribution in [2.45, 2.75) is 6.54 Å². The van der Waals surface area contributed by atoms with E-state index in [0.29, 0.717) is 28.2 Å². The van der Waals surface area contributed by atoms with Crippen molar-refractivity contribution >= 4 is 28.2 Å². The van der Waals surface area contributed by atoms with Crippen molar-refractivity contribution < 1.29 is 9.13 Å². The molecule has 4 nitrogen and oxygen atoms in total. The minimum atomic E-state index is -0.422. The number of anilines is 1. The second kappa shape index (κ2) is 6.15. The standard InChI is InChI=1S/C16H13ClFN3O/c1-22-13-4-2-10(3-5-13)8-19-16-15-11(9-20-21-16)6-12(17)7-14(15)18/h2-7,9H,8H2,1H3,(H,19,21). The summed E-state index contributed by atoms with van der Waals surface area (Å²) in [6.07, 6.45) is 1.49. The van der Waals surface area contributed by atoms with E-state index in [1.165, 1.54) is 12.3 Å². The minimum absolute atomic E-state index is 0.333. The monoisotopic (exact) mass is 317 g/mol. The van der Waals surface area contributed by atoms with Gasteiger partial charge in [-0.15, -0.1) is 5.10 Å². The van der Waals surface area contributed by atoms with Gasteiger partial charge in [0, 0.05) is 17.0 Å². The first-order chi connectivity index (χ1) is 10.7. The van der Waals surface area contributed by atoms with Gasteiger partial charge in [0.15, 0.2) is 5.82 Å². The fourth-order valence-corrected chi connectivity index (χ4v) is 2.41. The van der Waals surface area contributed by atoms with Crippen LogP contribution in [0.1, 0.15) is 5.56 Å². The molecule has 112 valence electrons. The molecule has 0 fully saturated rings. The normalized spacial score (nSPS) is 10.7. The van der Waals surface area contributed by atoms with Crippen LogP contribution in [0.4, 0.5) is 10.2 Å². The highest BCUT2D eigenvalue weighted by Gasteiger charge is 2.10. The largest absolute Gasteiger partial charge is 0.497 e. The SMILES string of the molecule is COc1ccc(CNc2nncc3cc(Cl)cc(F)c23)cc1. The van der Waals surface area contributed by atoms with Gasteiger partial charge in [-0.3, -0.25) is 0 Å². The summed E-state index contributed by atoms with van der Waals surface area (Å²) in [5.41, 5.74) is 1.02. The summed E-state index contributed by atoms with van der Waals surface area (Å²) >= 11 is 5.86. The summed E-state index contributed by atoms with van der Waals surface area (Å²) in [6, 6.07) is 10.5. The van der Waals surface area contributed by atoms with E-state index >= 15 is 0 Å². The van der Waals surface area contributed by atoms with Crippen LogP contribution in [0.3, 0.4) is 0 Å². The summed E-state index contributed by atoms with van der Waals surface area (Å²) in [5, 5.41) is 12.3. The summed E-state index contributed by atoms with van der Waals surface area (Å²) in [5.74, 6) is 0.756. The Morgan fingerprint density at radius 3 is 2.73 bits per heavy atom. The molecule has 6 heteroatoms. The molecule has 0 aliphatic carbocycles.